The summed E-state index contributed by atoms with van der Waals surface area (Å²) in [5, 5.41) is 29.0. The molecule has 9 heteroatoms. The first-order valence-corrected chi connectivity index (χ1v) is 14.4. The van der Waals surface area contributed by atoms with E-state index in [9.17, 15) is 24.7 Å². The molecule has 3 aromatic rings. The minimum atomic E-state index is -1.69. The predicted octanol–water partition coefficient (Wildman–Crippen LogP) is 3.72. The number of amides is 2. The first kappa shape index (κ1) is 28.1. The van der Waals surface area contributed by atoms with Gasteiger partial charge in [-0.2, -0.15) is 0 Å². The summed E-state index contributed by atoms with van der Waals surface area (Å²) in [4.78, 5) is 33.2. The van der Waals surface area contributed by atoms with Gasteiger partial charge < -0.3 is 19.9 Å². The van der Waals surface area contributed by atoms with Gasteiger partial charge in [0.1, 0.15) is 5.75 Å². The van der Waals surface area contributed by atoms with Gasteiger partial charge in [0.05, 0.1) is 35.9 Å². The number of hydrogen-bond acceptors (Lipinski definition) is 7. The molecule has 2 fully saturated rings. The topological polar surface area (TPSA) is 120 Å². The molecule has 2 saturated heterocycles. The highest BCUT2D eigenvalue weighted by Gasteiger charge is 2.57. The van der Waals surface area contributed by atoms with E-state index in [1.54, 1.807) is 36.5 Å². The molecular weight excluding hydrogens is 531 g/mol. The van der Waals surface area contributed by atoms with Crippen LogP contribution in [0.25, 0.3) is 11.6 Å². The SMILES string of the molecule is CCC1=C2[C@@H](CC/C(=C/c3ccc(O)cc3)c3ccccn3)OC[C@@H]2[C@@H]2C(=O)N(c3cccc(B(O)O)c3)C(=O)[C@@H]2C1. The Hall–Kier alpha value is -4.05. The number of imide groups is 1. The number of hydrogen-bond donors (Lipinski definition) is 3. The molecule has 214 valence electrons. The number of ether oxygens (including phenoxy) is 1. The van der Waals surface area contributed by atoms with Gasteiger partial charge in [0.25, 0.3) is 0 Å². The third kappa shape index (κ3) is 5.20. The maximum absolute atomic E-state index is 13.8. The molecule has 0 saturated carbocycles. The fraction of sp³-hybridized carbons (Fsp3) is 0.303. The van der Waals surface area contributed by atoms with Gasteiger partial charge in [-0.05, 0) is 90.3 Å². The van der Waals surface area contributed by atoms with Gasteiger partial charge in [-0.3, -0.25) is 19.5 Å². The van der Waals surface area contributed by atoms with Gasteiger partial charge in [0.2, 0.25) is 11.8 Å². The van der Waals surface area contributed by atoms with E-state index >= 15 is 0 Å². The van der Waals surface area contributed by atoms with E-state index in [0.29, 0.717) is 31.6 Å². The smallest absolute Gasteiger partial charge is 0.488 e. The number of carbonyl (C=O) groups is 2. The maximum Gasteiger partial charge on any atom is 0.488 e. The van der Waals surface area contributed by atoms with Crippen LogP contribution < -0.4 is 10.4 Å². The van der Waals surface area contributed by atoms with Gasteiger partial charge in [-0.1, -0.05) is 42.8 Å². The van der Waals surface area contributed by atoms with Crippen molar-refractivity contribution >= 4 is 41.7 Å². The minimum absolute atomic E-state index is 0.164. The van der Waals surface area contributed by atoms with Crippen LogP contribution in [0.15, 0.2) is 84.1 Å². The minimum Gasteiger partial charge on any atom is -0.508 e. The zero-order valence-electron chi connectivity index (χ0n) is 23.4. The first-order chi connectivity index (χ1) is 20.4. The molecule has 2 amide bonds. The number of carbonyl (C=O) groups excluding carboxylic acids is 2. The lowest BCUT2D eigenvalue weighted by atomic mass is 9.69. The molecule has 4 atom stereocenters. The Morgan fingerprint density at radius 2 is 1.86 bits per heavy atom. The average Bonchev–Trinajstić information content (AvgIpc) is 3.54. The number of aromatic hydroxyl groups is 1. The van der Waals surface area contributed by atoms with Crippen LogP contribution in [0.1, 0.15) is 43.9 Å². The average molecular weight is 564 g/mol. The molecule has 6 rings (SSSR count). The molecule has 3 aliphatic rings. The summed E-state index contributed by atoms with van der Waals surface area (Å²) in [6, 6.07) is 19.2. The normalized spacial score (nSPS) is 23.8. The largest absolute Gasteiger partial charge is 0.508 e. The summed E-state index contributed by atoms with van der Waals surface area (Å²) < 4.78 is 6.38. The molecule has 0 radical (unpaired) electrons. The van der Waals surface area contributed by atoms with Crippen molar-refractivity contribution < 1.29 is 29.5 Å². The Kier molecular flexibility index (Phi) is 7.81. The Bertz CT molecular complexity index is 1550. The zero-order valence-corrected chi connectivity index (χ0v) is 23.4. The summed E-state index contributed by atoms with van der Waals surface area (Å²) in [5.41, 5.74) is 5.81. The van der Waals surface area contributed by atoms with Crippen LogP contribution in [0.2, 0.25) is 0 Å². The van der Waals surface area contributed by atoms with Crippen LogP contribution in [0.5, 0.6) is 5.75 Å². The fourth-order valence-electron chi connectivity index (χ4n) is 6.78. The highest BCUT2D eigenvalue weighted by atomic mass is 16.5. The van der Waals surface area contributed by atoms with Crippen LogP contribution in [0, 0.1) is 17.8 Å². The fourth-order valence-corrected chi connectivity index (χ4v) is 6.78. The predicted molar refractivity (Wildman–Crippen MR) is 160 cm³/mol. The van der Waals surface area contributed by atoms with E-state index < -0.39 is 19.0 Å². The van der Waals surface area contributed by atoms with Gasteiger partial charge >= 0.3 is 7.12 Å². The van der Waals surface area contributed by atoms with Gasteiger partial charge in [-0.15, -0.1) is 0 Å². The molecule has 3 N–H and O–H groups in total. The first-order valence-electron chi connectivity index (χ1n) is 14.4. The monoisotopic (exact) mass is 564 g/mol. The number of phenolic OH excluding ortho intramolecular Hbond substituents is 1. The lowest BCUT2D eigenvalue weighted by Crippen LogP contribution is -2.35. The third-order valence-electron chi connectivity index (χ3n) is 8.77. The lowest BCUT2D eigenvalue weighted by Gasteiger charge is -2.31. The van der Waals surface area contributed by atoms with Crippen molar-refractivity contribution in [2.45, 2.75) is 38.7 Å². The molecular formula is C33H33BN2O6. The molecule has 2 aromatic carbocycles. The zero-order chi connectivity index (χ0) is 29.4. The van der Waals surface area contributed by atoms with Gasteiger partial charge in [0.15, 0.2) is 0 Å². The number of allylic oxidation sites excluding steroid dienone is 2. The summed E-state index contributed by atoms with van der Waals surface area (Å²) in [5.74, 6) is -1.40. The van der Waals surface area contributed by atoms with Crippen LogP contribution in [-0.2, 0) is 14.3 Å². The van der Waals surface area contributed by atoms with Crippen molar-refractivity contribution in [2.24, 2.45) is 17.8 Å². The van der Waals surface area contributed by atoms with Crippen LogP contribution in [0.4, 0.5) is 5.69 Å². The van der Waals surface area contributed by atoms with E-state index in [1.807, 2.05) is 30.3 Å². The summed E-state index contributed by atoms with van der Waals surface area (Å²) in [6.45, 7) is 2.47. The molecule has 0 spiro atoms. The number of anilines is 1. The second-order valence-electron chi connectivity index (χ2n) is 11.2. The van der Waals surface area contributed by atoms with E-state index in [1.165, 1.54) is 16.5 Å². The van der Waals surface area contributed by atoms with Crippen molar-refractivity contribution in [3.8, 4) is 5.75 Å². The second-order valence-corrected chi connectivity index (χ2v) is 11.2. The quantitative estimate of drug-likeness (QED) is 0.217. The highest BCUT2D eigenvalue weighted by Crippen LogP contribution is 2.51. The molecule has 0 unspecified atom stereocenters. The molecule has 1 aliphatic carbocycles. The number of rotatable bonds is 8. The van der Waals surface area contributed by atoms with Gasteiger partial charge in [-0.25, -0.2) is 0 Å². The Morgan fingerprint density at radius 1 is 1.05 bits per heavy atom. The van der Waals surface area contributed by atoms with Crippen molar-refractivity contribution in [3.05, 3.63) is 95.3 Å². The van der Waals surface area contributed by atoms with Crippen molar-refractivity contribution in [2.75, 3.05) is 11.5 Å². The number of phenols is 1. The van der Waals surface area contributed by atoms with E-state index in [-0.39, 0.29) is 35.0 Å². The van der Waals surface area contributed by atoms with Crippen molar-refractivity contribution in [1.29, 1.82) is 0 Å². The van der Waals surface area contributed by atoms with Crippen molar-refractivity contribution in [3.63, 3.8) is 0 Å². The van der Waals surface area contributed by atoms with Crippen LogP contribution in [-0.4, -0.2) is 51.8 Å². The second kappa shape index (κ2) is 11.7. The highest BCUT2D eigenvalue weighted by molar-refractivity contribution is 6.58. The van der Waals surface area contributed by atoms with Crippen LogP contribution >= 0.6 is 0 Å². The van der Waals surface area contributed by atoms with E-state index in [2.05, 4.69) is 18.0 Å². The summed E-state index contributed by atoms with van der Waals surface area (Å²) >= 11 is 0. The maximum atomic E-state index is 13.8. The molecule has 0 bridgehead atoms. The molecule has 1 aromatic heterocycles. The van der Waals surface area contributed by atoms with E-state index in [4.69, 9.17) is 4.74 Å². The number of benzene rings is 2. The summed E-state index contributed by atoms with van der Waals surface area (Å²) in [6.07, 6.45) is 6.38. The number of fused-ring (bicyclic) bond motifs is 3. The molecule has 42 heavy (non-hydrogen) atoms. The molecule has 8 nitrogen and oxygen atoms in total. The van der Waals surface area contributed by atoms with Crippen LogP contribution in [0.3, 0.4) is 0 Å². The number of aromatic nitrogens is 1. The summed E-state index contributed by atoms with van der Waals surface area (Å²) in [7, 11) is -1.69. The Morgan fingerprint density at radius 3 is 2.57 bits per heavy atom. The third-order valence-corrected chi connectivity index (χ3v) is 8.77. The van der Waals surface area contributed by atoms with Gasteiger partial charge in [0, 0.05) is 12.1 Å². The Labute approximate surface area is 245 Å². The number of pyridine rings is 1. The lowest BCUT2D eigenvalue weighted by molar-refractivity contribution is -0.122. The number of nitrogens with zero attached hydrogens (tertiary/aromatic N) is 2. The molecule has 2 aliphatic heterocycles. The van der Waals surface area contributed by atoms with E-state index in [0.717, 1.165) is 28.8 Å². The standard InChI is InChI=1S/C33H33BN2O6/c1-2-21-17-26-31(33(39)36(32(26)38)24-7-5-6-23(18-24)34(40)41)27-19-42-29(30(21)27)14-11-22(28-8-3-4-15-35-28)16-20-9-12-25(37)13-10-20/h3-10,12-13,15-16,18,26-27,29,31,37,40-41H,2,11,14,17,19H2,1H3/b22-16-/t26-,27+,29-,31-/m1/s1. The Balaban J connectivity index is 1.26. The molecule has 3 heterocycles. The van der Waals surface area contributed by atoms with Crippen molar-refractivity contribution in [1.82, 2.24) is 4.98 Å².